The van der Waals surface area contributed by atoms with E-state index < -0.39 is 0 Å². The minimum Gasteiger partial charge on any atom is -0.494 e. The molecule has 0 fully saturated rings. The second-order valence-corrected chi connectivity index (χ2v) is 8.92. The van der Waals surface area contributed by atoms with Crippen LogP contribution in [-0.4, -0.2) is 18.1 Å². The Balaban J connectivity index is 1.78. The summed E-state index contributed by atoms with van der Waals surface area (Å²) in [6.45, 7) is 8.65. The van der Waals surface area contributed by atoms with E-state index in [1.165, 1.54) is 5.56 Å². The van der Waals surface area contributed by atoms with E-state index in [1.807, 2.05) is 52.0 Å². The number of rotatable bonds is 4. The molecule has 2 aromatic rings. The number of nitrogens with one attached hydrogen (secondary N) is 2. The van der Waals surface area contributed by atoms with Gasteiger partial charge in [0.1, 0.15) is 5.75 Å². The van der Waals surface area contributed by atoms with Crippen LogP contribution in [0.1, 0.15) is 67.6 Å². The molecule has 1 aliphatic carbocycles. The van der Waals surface area contributed by atoms with Crippen LogP contribution in [0, 0.1) is 5.92 Å². The molecule has 0 spiro atoms. The Labute approximate surface area is 173 Å². The number of benzene rings is 2. The fraction of sp³-hybridized carbons (Fsp3) is 0.400. The van der Waals surface area contributed by atoms with Gasteiger partial charge in [-0.05, 0) is 57.7 Å². The molecule has 2 N–H and O–H groups in total. The lowest BCUT2D eigenvalue weighted by Crippen LogP contribution is -2.41. The molecule has 0 aromatic heterocycles. The second-order valence-electron chi connectivity index (χ2n) is 8.92. The highest BCUT2D eigenvalue weighted by molar-refractivity contribution is 6.01. The van der Waals surface area contributed by atoms with Gasteiger partial charge < -0.3 is 15.4 Å². The van der Waals surface area contributed by atoms with Crippen molar-refractivity contribution in [3.63, 3.8) is 0 Å². The predicted octanol–water partition coefficient (Wildman–Crippen LogP) is 5.44. The smallest absolute Gasteiger partial charge is 0.253 e. The third-order valence-electron chi connectivity index (χ3n) is 5.68. The summed E-state index contributed by atoms with van der Waals surface area (Å²) in [7, 11) is 0. The average Bonchev–Trinajstić information content (AvgIpc) is 3.16. The van der Waals surface area contributed by atoms with Gasteiger partial charge in [-0.15, -0.1) is 0 Å². The molecule has 0 radical (unpaired) electrons. The maximum absolute atomic E-state index is 13.0. The number of carbonyl (C=O) groups excluding carboxylic acids is 1. The number of amides is 1. The number of para-hydroxylation sites is 2. The molecule has 152 valence electrons. The molecule has 0 saturated carbocycles. The quantitative estimate of drug-likeness (QED) is 0.684. The van der Waals surface area contributed by atoms with Crippen molar-refractivity contribution in [3.05, 3.63) is 71.3 Å². The van der Waals surface area contributed by atoms with Gasteiger partial charge in [-0.1, -0.05) is 42.5 Å². The Bertz CT molecular complexity index is 942. The molecule has 0 saturated heterocycles. The second kappa shape index (κ2) is 7.58. The first-order valence-corrected chi connectivity index (χ1v) is 10.5. The Morgan fingerprint density at radius 3 is 2.66 bits per heavy atom. The molecule has 2 aromatic carbocycles. The van der Waals surface area contributed by atoms with Crippen LogP contribution in [0.4, 0.5) is 5.69 Å². The molecule has 4 heteroatoms. The van der Waals surface area contributed by atoms with Crippen molar-refractivity contribution in [1.82, 2.24) is 5.32 Å². The zero-order valence-corrected chi connectivity index (χ0v) is 17.7. The Kier molecular flexibility index (Phi) is 5.12. The molecule has 1 aliphatic heterocycles. The number of fused-ring (bicyclic) bond motifs is 3. The van der Waals surface area contributed by atoms with Crippen LogP contribution in [0.25, 0.3) is 0 Å². The zero-order valence-electron chi connectivity index (χ0n) is 17.7. The van der Waals surface area contributed by atoms with E-state index >= 15 is 0 Å². The highest BCUT2D eigenvalue weighted by atomic mass is 16.5. The molecular formula is C25H30N2O2. The van der Waals surface area contributed by atoms with E-state index in [1.54, 1.807) is 0 Å². The normalized spacial score (nSPS) is 22.4. The Morgan fingerprint density at radius 1 is 1.14 bits per heavy atom. The summed E-state index contributed by atoms with van der Waals surface area (Å²) in [5.41, 5.74) is 3.72. The molecule has 4 rings (SSSR count). The minimum absolute atomic E-state index is 0.0425. The molecule has 0 bridgehead atoms. The number of anilines is 1. The number of hydrogen-bond acceptors (Lipinski definition) is 3. The lowest BCUT2D eigenvalue weighted by molar-refractivity contribution is 0.0920. The largest absolute Gasteiger partial charge is 0.494 e. The van der Waals surface area contributed by atoms with Crippen LogP contribution in [-0.2, 0) is 0 Å². The summed E-state index contributed by atoms with van der Waals surface area (Å²) in [5.74, 6) is 1.58. The molecule has 3 unspecified atom stereocenters. The van der Waals surface area contributed by atoms with Crippen LogP contribution in [0.15, 0.2) is 54.6 Å². The summed E-state index contributed by atoms with van der Waals surface area (Å²) in [6.07, 6.45) is 5.58. The minimum atomic E-state index is -0.286. The van der Waals surface area contributed by atoms with Gasteiger partial charge in [0.2, 0.25) is 0 Å². The van der Waals surface area contributed by atoms with Crippen LogP contribution >= 0.6 is 0 Å². The van der Waals surface area contributed by atoms with Crippen molar-refractivity contribution in [3.8, 4) is 5.75 Å². The van der Waals surface area contributed by atoms with Crippen LogP contribution < -0.4 is 15.4 Å². The summed E-state index contributed by atoms with van der Waals surface area (Å²) in [6, 6.07) is 14.4. The zero-order chi connectivity index (χ0) is 20.6. The molecule has 3 atom stereocenters. The van der Waals surface area contributed by atoms with Crippen molar-refractivity contribution >= 4 is 11.6 Å². The van der Waals surface area contributed by atoms with Gasteiger partial charge in [-0.2, -0.15) is 0 Å². The molecule has 4 nitrogen and oxygen atoms in total. The molecule has 29 heavy (non-hydrogen) atoms. The van der Waals surface area contributed by atoms with Gasteiger partial charge in [0.15, 0.2) is 0 Å². The maximum atomic E-state index is 13.0. The summed E-state index contributed by atoms with van der Waals surface area (Å²) < 4.78 is 5.93. The van der Waals surface area contributed by atoms with Crippen LogP contribution in [0.5, 0.6) is 5.75 Å². The van der Waals surface area contributed by atoms with E-state index in [0.29, 0.717) is 24.0 Å². The third kappa shape index (κ3) is 3.76. The van der Waals surface area contributed by atoms with Gasteiger partial charge in [0.25, 0.3) is 5.91 Å². The highest BCUT2D eigenvalue weighted by Crippen LogP contribution is 2.51. The van der Waals surface area contributed by atoms with Crippen molar-refractivity contribution in [2.45, 2.75) is 51.6 Å². The SMILES string of the molecule is CCOc1ccccc1C1Nc2c(C(=O)NC(C)(C)C)cccc2C2C=CCC21. The van der Waals surface area contributed by atoms with Crippen molar-refractivity contribution in [2.24, 2.45) is 5.92 Å². The lowest BCUT2D eigenvalue weighted by atomic mass is 9.76. The number of allylic oxidation sites excluding steroid dienone is 2. The van der Waals surface area contributed by atoms with E-state index in [2.05, 4.69) is 41.0 Å². The topological polar surface area (TPSA) is 50.4 Å². The molecular weight excluding hydrogens is 360 g/mol. The van der Waals surface area contributed by atoms with Gasteiger partial charge >= 0.3 is 0 Å². The van der Waals surface area contributed by atoms with Gasteiger partial charge in [0.05, 0.1) is 23.9 Å². The first-order chi connectivity index (χ1) is 13.9. The van der Waals surface area contributed by atoms with Crippen LogP contribution in [0.3, 0.4) is 0 Å². The number of ether oxygens (including phenoxy) is 1. The van der Waals surface area contributed by atoms with E-state index in [4.69, 9.17) is 4.74 Å². The third-order valence-corrected chi connectivity index (χ3v) is 5.68. The molecule has 2 aliphatic rings. The van der Waals surface area contributed by atoms with Crippen molar-refractivity contribution in [1.29, 1.82) is 0 Å². The Morgan fingerprint density at radius 2 is 1.90 bits per heavy atom. The highest BCUT2D eigenvalue weighted by Gasteiger charge is 2.40. The first kappa shape index (κ1) is 19.6. The summed E-state index contributed by atoms with van der Waals surface area (Å²) in [5, 5.41) is 6.85. The predicted molar refractivity (Wildman–Crippen MR) is 118 cm³/mol. The fourth-order valence-corrected chi connectivity index (χ4v) is 4.55. The molecule has 1 heterocycles. The first-order valence-electron chi connectivity index (χ1n) is 10.5. The molecule has 1 amide bonds. The standard InChI is InChI=1S/C25H30N2O2/c1-5-29-21-15-7-6-10-19(21)22-17-12-8-11-16(17)18-13-9-14-20(23(18)26-22)24(28)27-25(2,3)4/h6-11,13-17,22,26H,5,12H2,1-4H3,(H,27,28). The van der Waals surface area contributed by atoms with Gasteiger partial charge in [0, 0.05) is 17.0 Å². The fourth-order valence-electron chi connectivity index (χ4n) is 4.55. The van der Waals surface area contributed by atoms with E-state index in [-0.39, 0.29) is 17.5 Å². The van der Waals surface area contributed by atoms with Crippen molar-refractivity contribution in [2.75, 3.05) is 11.9 Å². The summed E-state index contributed by atoms with van der Waals surface area (Å²) >= 11 is 0. The van der Waals surface area contributed by atoms with Gasteiger partial charge in [-0.3, -0.25) is 4.79 Å². The lowest BCUT2D eigenvalue weighted by Gasteiger charge is -2.39. The van der Waals surface area contributed by atoms with Gasteiger partial charge in [-0.25, -0.2) is 0 Å². The van der Waals surface area contributed by atoms with E-state index in [0.717, 1.165) is 23.4 Å². The van der Waals surface area contributed by atoms with Crippen LogP contribution in [0.2, 0.25) is 0 Å². The van der Waals surface area contributed by atoms with E-state index in [9.17, 15) is 4.79 Å². The average molecular weight is 391 g/mol. The summed E-state index contributed by atoms with van der Waals surface area (Å²) in [4.78, 5) is 13.0. The number of carbonyl (C=O) groups is 1. The monoisotopic (exact) mass is 390 g/mol. The number of hydrogen-bond donors (Lipinski definition) is 2. The maximum Gasteiger partial charge on any atom is 0.253 e. The Hall–Kier alpha value is -2.75. The van der Waals surface area contributed by atoms with Crippen molar-refractivity contribution < 1.29 is 9.53 Å².